The van der Waals surface area contributed by atoms with E-state index in [1.165, 1.54) is 96.9 Å². The van der Waals surface area contributed by atoms with Crippen molar-refractivity contribution in [2.75, 3.05) is 0 Å². The van der Waals surface area contributed by atoms with Crippen LogP contribution in [0, 0.1) is 27.7 Å². The van der Waals surface area contributed by atoms with Crippen LogP contribution in [-0.4, -0.2) is 19.8 Å². The van der Waals surface area contributed by atoms with Crippen molar-refractivity contribution in [1.29, 1.82) is 0 Å². The lowest BCUT2D eigenvalue weighted by Gasteiger charge is -2.20. The van der Waals surface area contributed by atoms with Gasteiger partial charge >= 0.3 is 0 Å². The van der Waals surface area contributed by atoms with Crippen LogP contribution in [0.1, 0.15) is 113 Å². The fraction of sp³-hybridized carbons (Fsp3) is 0.643. The van der Waals surface area contributed by atoms with Crippen molar-refractivity contribution in [1.82, 2.24) is 19.8 Å². The summed E-state index contributed by atoms with van der Waals surface area (Å²) in [5.41, 5.74) is 10.4. The second-order valence-corrected chi connectivity index (χ2v) is 10.7. The van der Waals surface area contributed by atoms with E-state index >= 15 is 0 Å². The van der Waals surface area contributed by atoms with Crippen molar-refractivity contribution < 1.29 is 0 Å². The van der Waals surface area contributed by atoms with E-state index in [0.717, 1.165) is 11.5 Å². The van der Waals surface area contributed by atoms with Crippen molar-refractivity contribution in [3.63, 3.8) is 0 Å². The molecule has 0 aliphatic carbocycles. The van der Waals surface area contributed by atoms with E-state index in [1.807, 2.05) is 0 Å². The van der Waals surface area contributed by atoms with Crippen LogP contribution in [0.5, 0.6) is 0 Å². The molecule has 2 heterocycles. The Morgan fingerprint density at radius 3 is 1.91 bits per heavy atom. The summed E-state index contributed by atoms with van der Waals surface area (Å²) < 4.78 is 2.06. The highest BCUT2D eigenvalue weighted by Gasteiger charge is 2.23. The van der Waals surface area contributed by atoms with Crippen molar-refractivity contribution in [3.8, 4) is 11.4 Å². The summed E-state index contributed by atoms with van der Waals surface area (Å²) in [5.74, 6) is 0.926. The number of hydrogen-bond donors (Lipinski definition) is 1. The summed E-state index contributed by atoms with van der Waals surface area (Å²) in [6.45, 7) is 18.0. The molecule has 4 nitrogen and oxygen atoms in total. The van der Waals surface area contributed by atoms with Gasteiger partial charge in [-0.05, 0) is 68.4 Å². The summed E-state index contributed by atoms with van der Waals surface area (Å²) in [5, 5.41) is 12.6. The fourth-order valence-corrected chi connectivity index (χ4v) is 4.86. The Kier molecular flexibility index (Phi) is 7.84. The summed E-state index contributed by atoms with van der Waals surface area (Å²) in [6.07, 6.45) is 12.1. The molecule has 0 fully saturated rings. The SMILES string of the molecule is CCCCCCCCCCc1c(C)c(C)c(-c2nnc3cc(C(C)(C)C)[nH]n23)c(C)c1C. The van der Waals surface area contributed by atoms with E-state index in [0.29, 0.717) is 0 Å². The van der Waals surface area contributed by atoms with Crippen LogP contribution in [0.4, 0.5) is 0 Å². The van der Waals surface area contributed by atoms with Crippen LogP contribution in [-0.2, 0) is 11.8 Å². The Hall–Kier alpha value is -2.10. The predicted molar refractivity (Wildman–Crippen MR) is 137 cm³/mol. The van der Waals surface area contributed by atoms with Crippen LogP contribution < -0.4 is 0 Å². The van der Waals surface area contributed by atoms with Gasteiger partial charge in [0.15, 0.2) is 11.5 Å². The standard InChI is InChI=1S/C28H44N4/c1-9-10-11-12-13-14-15-16-17-23-19(2)21(4)26(22(5)20(23)3)27-30-29-25-18-24(28(6,7)8)31-32(25)27/h18,31H,9-17H2,1-8H3. The number of hydrogen-bond acceptors (Lipinski definition) is 2. The second-order valence-electron chi connectivity index (χ2n) is 10.7. The zero-order chi connectivity index (χ0) is 23.5. The Balaban J connectivity index is 1.80. The minimum Gasteiger partial charge on any atom is -0.294 e. The maximum atomic E-state index is 4.58. The Bertz CT molecular complexity index is 1020. The van der Waals surface area contributed by atoms with Gasteiger partial charge in [-0.1, -0.05) is 72.6 Å². The van der Waals surface area contributed by atoms with Gasteiger partial charge in [-0.25, -0.2) is 4.52 Å². The van der Waals surface area contributed by atoms with Gasteiger partial charge in [0.1, 0.15) is 0 Å². The minimum absolute atomic E-state index is 0.0494. The maximum Gasteiger partial charge on any atom is 0.183 e. The molecule has 0 atom stereocenters. The molecule has 0 radical (unpaired) electrons. The first-order valence-electron chi connectivity index (χ1n) is 12.7. The Morgan fingerprint density at radius 2 is 1.34 bits per heavy atom. The van der Waals surface area contributed by atoms with Gasteiger partial charge in [0.2, 0.25) is 0 Å². The molecule has 0 unspecified atom stereocenters. The van der Waals surface area contributed by atoms with E-state index in [-0.39, 0.29) is 5.41 Å². The van der Waals surface area contributed by atoms with Gasteiger partial charge in [0.25, 0.3) is 0 Å². The lowest BCUT2D eigenvalue weighted by atomic mass is 9.86. The monoisotopic (exact) mass is 436 g/mol. The van der Waals surface area contributed by atoms with Crippen molar-refractivity contribution in [2.45, 2.75) is 119 Å². The number of H-pyrrole nitrogens is 1. The smallest absolute Gasteiger partial charge is 0.183 e. The first-order chi connectivity index (χ1) is 15.2. The highest BCUT2D eigenvalue weighted by molar-refractivity contribution is 5.71. The molecule has 0 amide bonds. The predicted octanol–water partition coefficient (Wildman–Crippen LogP) is 7.94. The molecule has 0 spiro atoms. The minimum atomic E-state index is 0.0494. The lowest BCUT2D eigenvalue weighted by molar-refractivity contribution is 0.563. The molecule has 0 saturated heterocycles. The van der Waals surface area contributed by atoms with Crippen LogP contribution >= 0.6 is 0 Å². The third-order valence-corrected chi connectivity index (χ3v) is 7.29. The molecule has 2 aromatic heterocycles. The average Bonchev–Trinajstić information content (AvgIpc) is 3.33. The number of nitrogens with one attached hydrogen (secondary N) is 1. The third-order valence-electron chi connectivity index (χ3n) is 7.29. The number of aromatic nitrogens is 4. The van der Waals surface area contributed by atoms with Gasteiger partial charge in [-0.2, -0.15) is 0 Å². The lowest BCUT2D eigenvalue weighted by Crippen LogP contribution is -2.12. The molecule has 0 aliphatic heterocycles. The fourth-order valence-electron chi connectivity index (χ4n) is 4.86. The molecule has 0 bridgehead atoms. The molecular weight excluding hydrogens is 392 g/mol. The molecule has 1 aromatic carbocycles. The molecule has 176 valence electrons. The zero-order valence-electron chi connectivity index (χ0n) is 21.8. The highest BCUT2D eigenvalue weighted by Crippen LogP contribution is 2.35. The largest absolute Gasteiger partial charge is 0.294 e. The quantitative estimate of drug-likeness (QED) is 0.328. The average molecular weight is 437 g/mol. The van der Waals surface area contributed by atoms with E-state index in [4.69, 9.17) is 0 Å². The van der Waals surface area contributed by atoms with Gasteiger partial charge in [0, 0.05) is 22.7 Å². The summed E-state index contributed by atoms with van der Waals surface area (Å²) in [6, 6.07) is 2.12. The summed E-state index contributed by atoms with van der Waals surface area (Å²) >= 11 is 0. The first-order valence-corrected chi connectivity index (χ1v) is 12.7. The van der Waals surface area contributed by atoms with Gasteiger partial charge in [-0.15, -0.1) is 10.2 Å². The number of benzene rings is 1. The summed E-state index contributed by atoms with van der Waals surface area (Å²) in [4.78, 5) is 0. The number of nitrogens with zero attached hydrogens (tertiary/aromatic N) is 3. The molecule has 0 saturated carbocycles. The third kappa shape index (κ3) is 5.10. The molecule has 0 aliphatic rings. The Morgan fingerprint density at radius 1 is 0.781 bits per heavy atom. The van der Waals surface area contributed by atoms with Gasteiger partial charge in [-0.3, -0.25) is 5.10 Å². The van der Waals surface area contributed by atoms with E-state index < -0.39 is 0 Å². The maximum absolute atomic E-state index is 4.58. The normalized spacial score (nSPS) is 12.2. The first kappa shape index (κ1) is 24.5. The van der Waals surface area contributed by atoms with Gasteiger partial charge in [0.05, 0.1) is 0 Å². The number of unbranched alkanes of at least 4 members (excludes halogenated alkanes) is 7. The molecule has 3 rings (SSSR count). The number of rotatable bonds is 10. The molecule has 3 aromatic rings. The topological polar surface area (TPSA) is 46.0 Å². The van der Waals surface area contributed by atoms with Crippen molar-refractivity contribution in [3.05, 3.63) is 39.6 Å². The molecule has 4 heteroatoms. The van der Waals surface area contributed by atoms with E-state index in [1.54, 1.807) is 0 Å². The van der Waals surface area contributed by atoms with E-state index in [2.05, 4.69) is 81.3 Å². The van der Waals surface area contributed by atoms with Crippen LogP contribution in [0.3, 0.4) is 0 Å². The summed E-state index contributed by atoms with van der Waals surface area (Å²) in [7, 11) is 0. The molecule has 32 heavy (non-hydrogen) atoms. The number of aromatic amines is 1. The van der Waals surface area contributed by atoms with Crippen molar-refractivity contribution in [2.24, 2.45) is 0 Å². The molecular formula is C28H44N4. The van der Waals surface area contributed by atoms with Crippen LogP contribution in [0.15, 0.2) is 6.07 Å². The second kappa shape index (κ2) is 10.2. The number of fused-ring (bicyclic) bond motifs is 1. The van der Waals surface area contributed by atoms with Crippen LogP contribution in [0.25, 0.3) is 17.0 Å². The van der Waals surface area contributed by atoms with Crippen molar-refractivity contribution >= 4 is 5.65 Å². The zero-order valence-corrected chi connectivity index (χ0v) is 21.8. The molecule has 1 N–H and O–H groups in total. The Labute approximate surface area is 195 Å². The highest BCUT2D eigenvalue weighted by atomic mass is 15.4. The van der Waals surface area contributed by atoms with E-state index in [9.17, 15) is 0 Å². The van der Waals surface area contributed by atoms with Gasteiger partial charge < -0.3 is 0 Å². The van der Waals surface area contributed by atoms with Crippen LogP contribution in [0.2, 0.25) is 0 Å².